The number of hydrogen-bond acceptors (Lipinski definition) is 4. The Morgan fingerprint density at radius 1 is 1.53 bits per heavy atom. The summed E-state index contributed by atoms with van der Waals surface area (Å²) >= 11 is 1.81. The highest BCUT2D eigenvalue weighted by Gasteiger charge is 2.23. The Morgan fingerprint density at radius 3 is 2.89 bits per heavy atom. The zero-order chi connectivity index (χ0) is 13.5. The predicted molar refractivity (Wildman–Crippen MR) is 79.9 cm³/mol. The molecule has 0 aliphatic carbocycles. The van der Waals surface area contributed by atoms with E-state index in [1.54, 1.807) is 7.05 Å². The molecule has 1 aromatic rings. The fourth-order valence-electron chi connectivity index (χ4n) is 2.25. The smallest absolute Gasteiger partial charge is 0.190 e. The molecule has 5 nitrogen and oxygen atoms in total. The van der Waals surface area contributed by atoms with Crippen LogP contribution < -0.4 is 10.6 Å². The van der Waals surface area contributed by atoms with Gasteiger partial charge in [0.2, 0.25) is 0 Å². The van der Waals surface area contributed by atoms with Crippen molar-refractivity contribution >= 4 is 17.3 Å². The zero-order valence-corrected chi connectivity index (χ0v) is 12.4. The van der Waals surface area contributed by atoms with Crippen LogP contribution in [0.5, 0.6) is 0 Å². The summed E-state index contributed by atoms with van der Waals surface area (Å²) in [5.74, 6) is 0.829. The molecule has 1 aliphatic rings. The molecule has 1 unspecified atom stereocenters. The molecule has 0 radical (unpaired) electrons. The highest BCUT2D eigenvalue weighted by molar-refractivity contribution is 7.10. The fourth-order valence-corrected chi connectivity index (χ4v) is 3.11. The van der Waals surface area contributed by atoms with Gasteiger partial charge in [0.05, 0.1) is 19.3 Å². The second-order valence-electron chi connectivity index (χ2n) is 4.38. The Kier molecular flexibility index (Phi) is 5.62. The number of hydrogen-bond donors (Lipinski definition) is 2. The number of thiophene rings is 1. The minimum absolute atomic E-state index is 0.383. The van der Waals surface area contributed by atoms with E-state index in [0.717, 1.165) is 38.8 Å². The summed E-state index contributed by atoms with van der Waals surface area (Å²) in [6.45, 7) is 4.48. The van der Waals surface area contributed by atoms with Crippen LogP contribution in [-0.4, -0.2) is 57.8 Å². The molecular formula is C13H22N4OS. The van der Waals surface area contributed by atoms with Crippen LogP contribution in [-0.2, 0) is 4.74 Å². The van der Waals surface area contributed by atoms with Gasteiger partial charge in [0.1, 0.15) is 0 Å². The van der Waals surface area contributed by atoms with Crippen molar-refractivity contribution in [3.8, 4) is 0 Å². The number of rotatable bonds is 4. The first-order valence-corrected chi connectivity index (χ1v) is 7.46. The van der Waals surface area contributed by atoms with E-state index in [1.807, 2.05) is 18.4 Å². The van der Waals surface area contributed by atoms with E-state index >= 15 is 0 Å². The molecule has 1 fully saturated rings. The normalized spacial score (nSPS) is 19.2. The van der Waals surface area contributed by atoms with Crippen molar-refractivity contribution in [2.75, 3.05) is 46.9 Å². The highest BCUT2D eigenvalue weighted by Crippen LogP contribution is 2.25. The van der Waals surface area contributed by atoms with Crippen LogP contribution in [0.2, 0.25) is 0 Å². The summed E-state index contributed by atoms with van der Waals surface area (Å²) in [7, 11) is 3.66. The quantitative estimate of drug-likeness (QED) is 0.637. The second kappa shape index (κ2) is 7.47. The van der Waals surface area contributed by atoms with E-state index < -0.39 is 0 Å². The molecule has 2 heterocycles. The Balaban J connectivity index is 2.02. The van der Waals surface area contributed by atoms with Crippen molar-refractivity contribution in [2.24, 2.45) is 4.99 Å². The molecule has 6 heteroatoms. The van der Waals surface area contributed by atoms with E-state index in [0.29, 0.717) is 6.04 Å². The maximum atomic E-state index is 5.44. The van der Waals surface area contributed by atoms with Gasteiger partial charge in [-0.15, -0.1) is 11.3 Å². The van der Waals surface area contributed by atoms with Crippen LogP contribution in [0.25, 0.3) is 0 Å². The lowest BCUT2D eigenvalue weighted by molar-refractivity contribution is 0.0177. The van der Waals surface area contributed by atoms with Crippen LogP contribution in [0.3, 0.4) is 0 Å². The average molecular weight is 282 g/mol. The van der Waals surface area contributed by atoms with E-state index in [1.165, 1.54) is 4.88 Å². The molecular weight excluding hydrogens is 260 g/mol. The van der Waals surface area contributed by atoms with Crippen molar-refractivity contribution in [2.45, 2.75) is 6.04 Å². The van der Waals surface area contributed by atoms with Crippen molar-refractivity contribution in [1.82, 2.24) is 15.5 Å². The first kappa shape index (κ1) is 14.3. The average Bonchev–Trinajstić information content (AvgIpc) is 2.99. The van der Waals surface area contributed by atoms with Gasteiger partial charge in [0.15, 0.2) is 5.96 Å². The number of aliphatic imine (C=N–C) groups is 1. The molecule has 1 saturated heterocycles. The van der Waals surface area contributed by atoms with Crippen LogP contribution >= 0.6 is 11.3 Å². The number of morpholine rings is 1. The van der Waals surface area contributed by atoms with Gasteiger partial charge in [0, 0.05) is 38.6 Å². The fraction of sp³-hybridized carbons (Fsp3) is 0.615. The molecule has 1 aliphatic heterocycles. The molecule has 2 rings (SSSR count). The molecule has 0 bridgehead atoms. The first-order valence-electron chi connectivity index (χ1n) is 6.58. The van der Waals surface area contributed by atoms with E-state index in [-0.39, 0.29) is 0 Å². The molecule has 0 saturated carbocycles. The van der Waals surface area contributed by atoms with Crippen molar-refractivity contribution in [3.63, 3.8) is 0 Å². The van der Waals surface area contributed by atoms with Gasteiger partial charge < -0.3 is 15.4 Å². The second-order valence-corrected chi connectivity index (χ2v) is 5.36. The largest absolute Gasteiger partial charge is 0.379 e. The first-order chi connectivity index (χ1) is 9.35. The summed E-state index contributed by atoms with van der Waals surface area (Å²) in [5.41, 5.74) is 0. The van der Waals surface area contributed by atoms with Crippen molar-refractivity contribution in [3.05, 3.63) is 22.4 Å². The molecule has 0 spiro atoms. The lowest BCUT2D eigenvalue weighted by Gasteiger charge is -2.34. The molecule has 19 heavy (non-hydrogen) atoms. The Morgan fingerprint density at radius 2 is 2.32 bits per heavy atom. The molecule has 1 aromatic heterocycles. The van der Waals surface area contributed by atoms with Gasteiger partial charge in [-0.2, -0.15) is 0 Å². The van der Waals surface area contributed by atoms with Gasteiger partial charge >= 0.3 is 0 Å². The lowest BCUT2D eigenvalue weighted by atomic mass is 10.2. The van der Waals surface area contributed by atoms with Gasteiger partial charge in [-0.3, -0.25) is 9.89 Å². The Bertz CT molecular complexity index is 387. The molecule has 2 N–H and O–H groups in total. The van der Waals surface area contributed by atoms with Crippen LogP contribution in [0.15, 0.2) is 22.5 Å². The minimum atomic E-state index is 0.383. The summed E-state index contributed by atoms with van der Waals surface area (Å²) < 4.78 is 5.44. The minimum Gasteiger partial charge on any atom is -0.379 e. The van der Waals surface area contributed by atoms with E-state index in [9.17, 15) is 0 Å². The third-order valence-corrected chi connectivity index (χ3v) is 4.25. The van der Waals surface area contributed by atoms with Crippen molar-refractivity contribution in [1.29, 1.82) is 0 Å². The summed E-state index contributed by atoms with van der Waals surface area (Å²) in [6, 6.07) is 4.70. The zero-order valence-electron chi connectivity index (χ0n) is 11.6. The highest BCUT2D eigenvalue weighted by atomic mass is 32.1. The van der Waals surface area contributed by atoms with Crippen LogP contribution in [0.4, 0.5) is 0 Å². The van der Waals surface area contributed by atoms with E-state index in [2.05, 4.69) is 38.0 Å². The summed E-state index contributed by atoms with van der Waals surface area (Å²) in [4.78, 5) is 8.03. The molecule has 0 amide bonds. The maximum absolute atomic E-state index is 5.44. The molecule has 106 valence electrons. The number of nitrogens with one attached hydrogen (secondary N) is 2. The number of ether oxygens (including phenoxy) is 1. The summed E-state index contributed by atoms with van der Waals surface area (Å²) in [5, 5.41) is 8.56. The van der Waals surface area contributed by atoms with Gasteiger partial charge in [0.25, 0.3) is 0 Å². The topological polar surface area (TPSA) is 48.9 Å². The molecule has 1 atom stereocenters. The molecule has 0 aromatic carbocycles. The van der Waals surface area contributed by atoms with E-state index in [4.69, 9.17) is 4.74 Å². The number of guanidine groups is 1. The standard InChI is InChI=1S/C13H22N4OS/c1-14-13(15-2)16-10-11(12-4-3-9-19-12)17-5-7-18-8-6-17/h3-4,9,11H,5-8,10H2,1-2H3,(H2,14,15,16). The Labute approximate surface area is 118 Å². The number of nitrogens with zero attached hydrogens (tertiary/aromatic N) is 2. The lowest BCUT2D eigenvalue weighted by Crippen LogP contribution is -2.45. The van der Waals surface area contributed by atoms with Gasteiger partial charge in [-0.25, -0.2) is 0 Å². The van der Waals surface area contributed by atoms with Gasteiger partial charge in [-0.1, -0.05) is 6.07 Å². The maximum Gasteiger partial charge on any atom is 0.190 e. The van der Waals surface area contributed by atoms with Crippen LogP contribution in [0, 0.1) is 0 Å². The Hall–Kier alpha value is -1.11. The third kappa shape index (κ3) is 3.92. The van der Waals surface area contributed by atoms with Crippen LogP contribution in [0.1, 0.15) is 10.9 Å². The monoisotopic (exact) mass is 282 g/mol. The third-order valence-electron chi connectivity index (χ3n) is 3.28. The summed E-state index contributed by atoms with van der Waals surface area (Å²) in [6.07, 6.45) is 0. The van der Waals surface area contributed by atoms with Crippen molar-refractivity contribution < 1.29 is 4.74 Å². The van der Waals surface area contributed by atoms with Gasteiger partial charge in [-0.05, 0) is 11.4 Å². The predicted octanol–water partition coefficient (Wildman–Crippen LogP) is 0.916. The SMILES string of the molecule is CN=C(NC)NCC(c1cccs1)N1CCOCC1.